The maximum atomic E-state index is 10.8. The lowest BCUT2D eigenvalue weighted by molar-refractivity contribution is 0.0691. The Bertz CT molecular complexity index is 350. The third-order valence-corrected chi connectivity index (χ3v) is 1.91. The Morgan fingerprint density at radius 2 is 2.36 bits per heavy atom. The van der Waals surface area contributed by atoms with Crippen LogP contribution in [0.5, 0.6) is 0 Å². The van der Waals surface area contributed by atoms with Crippen LogP contribution in [0.15, 0.2) is 18.3 Å². The van der Waals surface area contributed by atoms with Crippen LogP contribution in [-0.2, 0) is 5.54 Å². The summed E-state index contributed by atoms with van der Waals surface area (Å²) in [6.07, 6.45) is 1.45. The molecule has 5 nitrogen and oxygen atoms in total. The van der Waals surface area contributed by atoms with E-state index >= 15 is 0 Å². The van der Waals surface area contributed by atoms with Gasteiger partial charge in [-0.3, -0.25) is 4.98 Å². The lowest BCUT2D eigenvalue weighted by Gasteiger charge is -2.22. The van der Waals surface area contributed by atoms with E-state index in [0.29, 0.717) is 0 Å². The number of rotatable bonds is 3. The number of hydrogen-bond acceptors (Lipinski definition) is 4. The van der Waals surface area contributed by atoms with E-state index in [1.165, 1.54) is 25.3 Å². The van der Waals surface area contributed by atoms with Crippen molar-refractivity contribution in [1.82, 2.24) is 4.98 Å². The highest BCUT2D eigenvalue weighted by Gasteiger charge is 2.27. The Labute approximate surface area is 81.2 Å². The van der Waals surface area contributed by atoms with Crippen LogP contribution in [0.2, 0.25) is 0 Å². The molecule has 76 valence electrons. The van der Waals surface area contributed by atoms with Gasteiger partial charge in [0.15, 0.2) is 0 Å². The van der Waals surface area contributed by atoms with Crippen molar-refractivity contribution in [1.29, 1.82) is 0 Å². The minimum atomic E-state index is -1.13. The van der Waals surface area contributed by atoms with Crippen molar-refractivity contribution in [2.45, 2.75) is 12.5 Å². The second-order valence-corrected chi connectivity index (χ2v) is 3.28. The summed E-state index contributed by atoms with van der Waals surface area (Å²) in [4.78, 5) is 14.7. The molecular weight excluding hydrogens is 184 g/mol. The van der Waals surface area contributed by atoms with Crippen LogP contribution < -0.4 is 5.73 Å². The first-order chi connectivity index (χ1) is 6.49. The minimum Gasteiger partial charge on any atom is -0.478 e. The smallest absolute Gasteiger partial charge is 0.337 e. The molecule has 0 radical (unpaired) electrons. The molecule has 1 rings (SSSR count). The molecule has 14 heavy (non-hydrogen) atoms. The summed E-state index contributed by atoms with van der Waals surface area (Å²) in [7, 11) is 0. The number of aliphatic hydroxyl groups excluding tert-OH is 1. The van der Waals surface area contributed by atoms with Crippen LogP contribution in [0.1, 0.15) is 23.0 Å². The molecule has 1 aromatic rings. The molecule has 1 atom stereocenters. The first-order valence-electron chi connectivity index (χ1n) is 4.07. The van der Waals surface area contributed by atoms with Gasteiger partial charge in [0.2, 0.25) is 0 Å². The maximum Gasteiger partial charge on any atom is 0.337 e. The fraction of sp³-hybridized carbons (Fsp3) is 0.333. The summed E-state index contributed by atoms with van der Waals surface area (Å²) in [6.45, 7) is 1.17. The Hall–Kier alpha value is -1.46. The van der Waals surface area contributed by atoms with Gasteiger partial charge >= 0.3 is 5.97 Å². The molecule has 0 spiro atoms. The van der Waals surface area contributed by atoms with Crippen molar-refractivity contribution in [3.8, 4) is 0 Å². The summed E-state index contributed by atoms with van der Waals surface area (Å²) in [5.41, 5.74) is 4.78. The first-order valence-corrected chi connectivity index (χ1v) is 4.07. The van der Waals surface area contributed by atoms with Gasteiger partial charge in [-0.2, -0.15) is 0 Å². The number of carboxylic acids is 1. The van der Waals surface area contributed by atoms with Crippen LogP contribution in [0.25, 0.3) is 0 Å². The van der Waals surface area contributed by atoms with E-state index in [4.69, 9.17) is 15.9 Å². The molecule has 0 saturated heterocycles. The van der Waals surface area contributed by atoms with Gasteiger partial charge in [-0.05, 0) is 19.1 Å². The monoisotopic (exact) mass is 196 g/mol. The highest BCUT2D eigenvalue weighted by molar-refractivity contribution is 5.89. The summed E-state index contributed by atoms with van der Waals surface area (Å²) in [5.74, 6) is -1.10. The topological polar surface area (TPSA) is 96.4 Å². The number of carboxylic acid groups (broad SMARTS) is 1. The fourth-order valence-corrected chi connectivity index (χ4v) is 1.11. The molecule has 0 aliphatic carbocycles. The third kappa shape index (κ3) is 1.89. The zero-order chi connectivity index (χ0) is 10.8. The molecule has 5 heteroatoms. The van der Waals surface area contributed by atoms with E-state index in [1.54, 1.807) is 0 Å². The van der Waals surface area contributed by atoms with Gasteiger partial charge in [0.05, 0.1) is 23.4 Å². The SMILES string of the molecule is CC(N)(CO)c1ncccc1C(=O)O. The van der Waals surface area contributed by atoms with Crippen LogP contribution in [0.4, 0.5) is 0 Å². The second kappa shape index (κ2) is 3.73. The molecule has 0 fully saturated rings. The molecule has 1 heterocycles. The number of aromatic nitrogens is 1. The lowest BCUT2D eigenvalue weighted by Crippen LogP contribution is -2.39. The van der Waals surface area contributed by atoms with Crippen molar-refractivity contribution in [2.24, 2.45) is 5.73 Å². The predicted octanol–water partition coefficient (Wildman–Crippen LogP) is -0.0540. The maximum absolute atomic E-state index is 10.8. The van der Waals surface area contributed by atoms with Crippen LogP contribution in [0.3, 0.4) is 0 Å². The number of aromatic carboxylic acids is 1. The van der Waals surface area contributed by atoms with Crippen LogP contribution >= 0.6 is 0 Å². The molecule has 0 aliphatic heterocycles. The second-order valence-electron chi connectivity index (χ2n) is 3.28. The van der Waals surface area contributed by atoms with Crippen molar-refractivity contribution in [3.63, 3.8) is 0 Å². The molecule has 0 bridgehead atoms. The third-order valence-electron chi connectivity index (χ3n) is 1.91. The first kappa shape index (κ1) is 10.6. The highest BCUT2D eigenvalue weighted by atomic mass is 16.4. The molecule has 0 aromatic carbocycles. The van der Waals surface area contributed by atoms with E-state index in [9.17, 15) is 4.79 Å². The van der Waals surface area contributed by atoms with Crippen molar-refractivity contribution in [2.75, 3.05) is 6.61 Å². The Kier molecular flexibility index (Phi) is 2.83. The van der Waals surface area contributed by atoms with Gasteiger partial charge in [-0.1, -0.05) is 0 Å². The molecule has 1 unspecified atom stereocenters. The van der Waals surface area contributed by atoms with Crippen LogP contribution in [0, 0.1) is 0 Å². The minimum absolute atomic E-state index is 0.0200. The van der Waals surface area contributed by atoms with Crippen molar-refractivity contribution >= 4 is 5.97 Å². The molecule has 4 N–H and O–H groups in total. The zero-order valence-corrected chi connectivity index (χ0v) is 7.77. The molecule has 1 aromatic heterocycles. The van der Waals surface area contributed by atoms with Gasteiger partial charge in [0, 0.05) is 6.20 Å². The number of pyridine rings is 1. The van der Waals surface area contributed by atoms with Gasteiger partial charge < -0.3 is 15.9 Å². The van der Waals surface area contributed by atoms with E-state index < -0.39 is 11.5 Å². The zero-order valence-electron chi connectivity index (χ0n) is 7.77. The van der Waals surface area contributed by atoms with E-state index in [2.05, 4.69) is 4.98 Å². The normalized spacial score (nSPS) is 14.8. The van der Waals surface area contributed by atoms with Crippen molar-refractivity contribution < 1.29 is 15.0 Å². The number of nitrogens with zero attached hydrogens (tertiary/aromatic N) is 1. The number of nitrogens with two attached hydrogens (primary N) is 1. The lowest BCUT2D eigenvalue weighted by atomic mass is 9.95. The average molecular weight is 196 g/mol. The fourth-order valence-electron chi connectivity index (χ4n) is 1.11. The van der Waals surface area contributed by atoms with E-state index in [1.807, 2.05) is 0 Å². The number of aliphatic hydroxyl groups is 1. The largest absolute Gasteiger partial charge is 0.478 e. The summed E-state index contributed by atoms with van der Waals surface area (Å²) >= 11 is 0. The average Bonchev–Trinajstić information content (AvgIpc) is 2.18. The molecular formula is C9H12N2O3. The number of hydrogen-bond donors (Lipinski definition) is 3. The Morgan fingerprint density at radius 1 is 1.71 bits per heavy atom. The summed E-state index contributed by atoms with van der Waals surface area (Å²) in [6, 6.07) is 2.92. The van der Waals surface area contributed by atoms with Gasteiger partial charge in [-0.25, -0.2) is 4.79 Å². The summed E-state index contributed by atoms with van der Waals surface area (Å²) in [5, 5.41) is 17.8. The Morgan fingerprint density at radius 3 is 2.86 bits per heavy atom. The standard InChI is InChI=1S/C9H12N2O3/c1-9(10,5-12)7-6(8(13)14)3-2-4-11-7/h2-4,12H,5,10H2,1H3,(H,13,14). The van der Waals surface area contributed by atoms with E-state index in [0.717, 1.165) is 0 Å². The van der Waals surface area contributed by atoms with Crippen molar-refractivity contribution in [3.05, 3.63) is 29.6 Å². The molecule has 0 saturated carbocycles. The number of carbonyl (C=O) groups is 1. The quantitative estimate of drug-likeness (QED) is 0.629. The van der Waals surface area contributed by atoms with E-state index in [-0.39, 0.29) is 17.9 Å². The molecule has 0 amide bonds. The molecule has 0 aliphatic rings. The van der Waals surface area contributed by atoms with Gasteiger partial charge in [-0.15, -0.1) is 0 Å². The predicted molar refractivity (Wildman–Crippen MR) is 49.8 cm³/mol. The van der Waals surface area contributed by atoms with Gasteiger partial charge in [0.25, 0.3) is 0 Å². The Balaban J connectivity index is 3.27. The van der Waals surface area contributed by atoms with Crippen LogP contribution in [-0.4, -0.2) is 27.8 Å². The van der Waals surface area contributed by atoms with Gasteiger partial charge in [0.1, 0.15) is 0 Å². The summed E-state index contributed by atoms with van der Waals surface area (Å²) < 4.78 is 0. The highest BCUT2D eigenvalue weighted by Crippen LogP contribution is 2.18.